The average Bonchev–Trinajstić information content (AvgIpc) is 2.29. The Labute approximate surface area is 94.6 Å². The Bertz CT molecular complexity index is 393. The number of carbonyl (C=O) groups is 1. The number of nitrogen functional groups attached to an aromatic ring is 1. The highest BCUT2D eigenvalue weighted by molar-refractivity contribution is 5.87. The van der Waals surface area contributed by atoms with Crippen molar-refractivity contribution in [2.75, 3.05) is 23.7 Å². The Morgan fingerprint density at radius 2 is 2.50 bits per heavy atom. The molecule has 1 saturated heterocycles. The Morgan fingerprint density at radius 1 is 1.69 bits per heavy atom. The number of amides is 1. The summed E-state index contributed by atoms with van der Waals surface area (Å²) in [6, 6.07) is 3.44. The van der Waals surface area contributed by atoms with E-state index in [0.29, 0.717) is 18.1 Å². The first-order chi connectivity index (χ1) is 7.74. The molecule has 0 radical (unpaired) electrons. The molecule has 1 amide bonds. The fourth-order valence-electron chi connectivity index (χ4n) is 2.02. The van der Waals surface area contributed by atoms with Crippen molar-refractivity contribution in [2.24, 2.45) is 0 Å². The van der Waals surface area contributed by atoms with Gasteiger partial charge in [-0.2, -0.15) is 0 Å². The van der Waals surface area contributed by atoms with E-state index in [2.05, 4.69) is 10.3 Å². The first kappa shape index (κ1) is 10.7. The molecule has 0 bridgehead atoms. The van der Waals surface area contributed by atoms with Crippen molar-refractivity contribution < 1.29 is 4.79 Å². The number of nitrogens with one attached hydrogen (secondary N) is 1. The number of rotatable bonds is 2. The SMILES string of the molecule is CCC1C(=O)NCCN1c1ncccc1N. The number of nitrogens with two attached hydrogens (primary N) is 1. The minimum absolute atomic E-state index is 0.0544. The zero-order valence-corrected chi connectivity index (χ0v) is 9.31. The molecule has 1 aromatic heterocycles. The number of anilines is 2. The summed E-state index contributed by atoms with van der Waals surface area (Å²) in [5, 5.41) is 2.85. The lowest BCUT2D eigenvalue weighted by atomic mass is 10.1. The van der Waals surface area contributed by atoms with Crippen molar-refractivity contribution in [3.63, 3.8) is 0 Å². The van der Waals surface area contributed by atoms with Crippen LogP contribution < -0.4 is 16.0 Å². The lowest BCUT2D eigenvalue weighted by molar-refractivity contribution is -0.123. The highest BCUT2D eigenvalue weighted by atomic mass is 16.2. The third-order valence-electron chi connectivity index (χ3n) is 2.81. The van der Waals surface area contributed by atoms with Crippen molar-refractivity contribution in [3.8, 4) is 0 Å². The van der Waals surface area contributed by atoms with Crippen LogP contribution in [-0.4, -0.2) is 30.0 Å². The van der Waals surface area contributed by atoms with Crippen molar-refractivity contribution in [3.05, 3.63) is 18.3 Å². The second kappa shape index (κ2) is 4.38. The molecule has 5 heteroatoms. The van der Waals surface area contributed by atoms with Gasteiger partial charge in [0.05, 0.1) is 5.69 Å². The normalized spacial score (nSPS) is 20.7. The van der Waals surface area contributed by atoms with Crippen molar-refractivity contribution in [2.45, 2.75) is 19.4 Å². The summed E-state index contributed by atoms with van der Waals surface area (Å²) in [5.74, 6) is 0.767. The first-order valence-electron chi connectivity index (χ1n) is 5.49. The molecule has 1 aliphatic rings. The summed E-state index contributed by atoms with van der Waals surface area (Å²) in [7, 11) is 0. The standard InChI is InChI=1S/C11H16N4O/c1-2-9-11(16)14-6-7-15(9)10-8(12)4-3-5-13-10/h3-5,9H,2,6-7,12H2,1H3,(H,14,16). The molecule has 1 aliphatic heterocycles. The summed E-state index contributed by atoms with van der Waals surface area (Å²) < 4.78 is 0. The second-order valence-corrected chi connectivity index (χ2v) is 3.82. The molecule has 0 saturated carbocycles. The van der Waals surface area contributed by atoms with Gasteiger partial charge in [-0.1, -0.05) is 6.92 Å². The van der Waals surface area contributed by atoms with Gasteiger partial charge in [0, 0.05) is 19.3 Å². The minimum atomic E-state index is -0.161. The van der Waals surface area contributed by atoms with Gasteiger partial charge in [0.2, 0.25) is 5.91 Å². The van der Waals surface area contributed by atoms with Gasteiger partial charge < -0.3 is 16.0 Å². The third kappa shape index (κ3) is 1.80. The van der Waals surface area contributed by atoms with E-state index in [4.69, 9.17) is 5.73 Å². The lowest BCUT2D eigenvalue weighted by Gasteiger charge is -2.35. The third-order valence-corrected chi connectivity index (χ3v) is 2.81. The van der Waals surface area contributed by atoms with Gasteiger partial charge in [-0.05, 0) is 18.6 Å². The molecule has 0 aliphatic carbocycles. The van der Waals surface area contributed by atoms with E-state index in [1.807, 2.05) is 17.9 Å². The fraction of sp³-hybridized carbons (Fsp3) is 0.455. The van der Waals surface area contributed by atoms with Crippen LogP contribution in [0.2, 0.25) is 0 Å². The highest BCUT2D eigenvalue weighted by Crippen LogP contribution is 2.23. The Hall–Kier alpha value is -1.78. The van der Waals surface area contributed by atoms with E-state index in [-0.39, 0.29) is 11.9 Å². The van der Waals surface area contributed by atoms with E-state index in [0.717, 1.165) is 13.0 Å². The molecule has 1 fully saturated rings. The molecule has 0 spiro atoms. The molecule has 86 valence electrons. The van der Waals surface area contributed by atoms with Crippen molar-refractivity contribution in [1.82, 2.24) is 10.3 Å². The maximum absolute atomic E-state index is 11.7. The first-order valence-corrected chi connectivity index (χ1v) is 5.49. The highest BCUT2D eigenvalue weighted by Gasteiger charge is 2.29. The molecule has 3 N–H and O–H groups in total. The number of hydrogen-bond donors (Lipinski definition) is 2. The monoisotopic (exact) mass is 220 g/mol. The maximum Gasteiger partial charge on any atom is 0.242 e. The molecule has 2 heterocycles. The molecule has 2 rings (SSSR count). The predicted molar refractivity (Wildman–Crippen MR) is 63.1 cm³/mol. The summed E-state index contributed by atoms with van der Waals surface area (Å²) in [6.07, 6.45) is 2.45. The summed E-state index contributed by atoms with van der Waals surface area (Å²) in [6.45, 7) is 3.39. The molecule has 1 atom stereocenters. The molecule has 16 heavy (non-hydrogen) atoms. The minimum Gasteiger partial charge on any atom is -0.396 e. The van der Waals surface area contributed by atoms with Crippen LogP contribution in [-0.2, 0) is 4.79 Å². The van der Waals surface area contributed by atoms with Crippen molar-refractivity contribution >= 4 is 17.4 Å². The molecular formula is C11H16N4O. The number of nitrogens with zero attached hydrogens (tertiary/aromatic N) is 2. The number of aromatic nitrogens is 1. The van der Waals surface area contributed by atoms with Crippen LogP contribution in [0.1, 0.15) is 13.3 Å². The van der Waals surface area contributed by atoms with Gasteiger partial charge in [0.15, 0.2) is 5.82 Å². The quantitative estimate of drug-likeness (QED) is 0.755. The summed E-state index contributed by atoms with van der Waals surface area (Å²) >= 11 is 0. The average molecular weight is 220 g/mol. The van der Waals surface area contributed by atoms with Crippen molar-refractivity contribution in [1.29, 1.82) is 0 Å². The molecular weight excluding hydrogens is 204 g/mol. The van der Waals surface area contributed by atoms with Crippen LogP contribution >= 0.6 is 0 Å². The van der Waals surface area contributed by atoms with Gasteiger partial charge >= 0.3 is 0 Å². The number of piperazine rings is 1. The Kier molecular flexibility index (Phi) is 2.94. The smallest absolute Gasteiger partial charge is 0.242 e. The van der Waals surface area contributed by atoms with Crippen LogP contribution in [0.4, 0.5) is 11.5 Å². The lowest BCUT2D eigenvalue weighted by Crippen LogP contribution is -2.55. The van der Waals surface area contributed by atoms with Crippen LogP contribution in [0.5, 0.6) is 0 Å². The van der Waals surface area contributed by atoms with E-state index < -0.39 is 0 Å². The Morgan fingerprint density at radius 3 is 3.19 bits per heavy atom. The number of hydrogen-bond acceptors (Lipinski definition) is 4. The van der Waals surface area contributed by atoms with E-state index >= 15 is 0 Å². The van der Waals surface area contributed by atoms with Crippen LogP contribution in [0.25, 0.3) is 0 Å². The fourth-order valence-corrected chi connectivity index (χ4v) is 2.02. The molecule has 1 aromatic rings. The second-order valence-electron chi connectivity index (χ2n) is 3.82. The van der Waals surface area contributed by atoms with Gasteiger partial charge in [0.1, 0.15) is 6.04 Å². The molecule has 5 nitrogen and oxygen atoms in total. The zero-order chi connectivity index (χ0) is 11.5. The molecule has 1 unspecified atom stereocenters. The van der Waals surface area contributed by atoms with Gasteiger partial charge in [0.25, 0.3) is 0 Å². The number of pyridine rings is 1. The number of carbonyl (C=O) groups excluding carboxylic acids is 1. The zero-order valence-electron chi connectivity index (χ0n) is 9.31. The Balaban J connectivity index is 2.31. The van der Waals surface area contributed by atoms with E-state index in [1.165, 1.54) is 0 Å². The summed E-state index contributed by atoms with van der Waals surface area (Å²) in [4.78, 5) is 17.9. The van der Waals surface area contributed by atoms with Gasteiger partial charge in [-0.15, -0.1) is 0 Å². The van der Waals surface area contributed by atoms with Gasteiger partial charge in [-0.3, -0.25) is 4.79 Å². The van der Waals surface area contributed by atoms with Crippen LogP contribution in [0.15, 0.2) is 18.3 Å². The topological polar surface area (TPSA) is 71.2 Å². The largest absolute Gasteiger partial charge is 0.396 e. The molecule has 0 aromatic carbocycles. The van der Waals surface area contributed by atoms with E-state index in [9.17, 15) is 4.79 Å². The van der Waals surface area contributed by atoms with Gasteiger partial charge in [-0.25, -0.2) is 4.98 Å². The van der Waals surface area contributed by atoms with Crippen LogP contribution in [0.3, 0.4) is 0 Å². The summed E-state index contributed by atoms with van der Waals surface area (Å²) in [5.41, 5.74) is 6.50. The van der Waals surface area contributed by atoms with Crippen LogP contribution in [0, 0.1) is 0 Å². The predicted octanol–water partition coefficient (Wildman–Crippen LogP) is 0.379. The maximum atomic E-state index is 11.7. The van der Waals surface area contributed by atoms with E-state index in [1.54, 1.807) is 12.3 Å².